The molecule has 1 aliphatic heterocycles. The Morgan fingerprint density at radius 1 is 1.25 bits per heavy atom. The summed E-state index contributed by atoms with van der Waals surface area (Å²) < 4.78 is 92.9. The van der Waals surface area contributed by atoms with E-state index in [1.165, 1.54) is 13.2 Å². The SMILES string of the molecule is COCCC1(O)COCC(C)N(S(=O)(=O)c2cc(C(O)Nc3cc(F)c(F)c(F)c3)ccc2CF)C1. The molecule has 0 aliphatic carbocycles. The van der Waals surface area contributed by atoms with Gasteiger partial charge < -0.3 is 25.0 Å². The van der Waals surface area contributed by atoms with E-state index < -0.39 is 56.9 Å². The molecule has 1 saturated heterocycles. The van der Waals surface area contributed by atoms with Gasteiger partial charge in [0.15, 0.2) is 23.7 Å². The zero-order valence-electron chi connectivity index (χ0n) is 19.7. The van der Waals surface area contributed by atoms with Crippen LogP contribution in [0.3, 0.4) is 0 Å². The molecule has 3 unspecified atom stereocenters. The molecule has 36 heavy (non-hydrogen) atoms. The number of aliphatic hydroxyl groups is 2. The largest absolute Gasteiger partial charge is 0.386 e. The summed E-state index contributed by atoms with van der Waals surface area (Å²) >= 11 is 0. The Bertz CT molecular complexity index is 1160. The van der Waals surface area contributed by atoms with Crippen molar-refractivity contribution in [3.63, 3.8) is 0 Å². The number of halogens is 4. The van der Waals surface area contributed by atoms with Crippen molar-refractivity contribution >= 4 is 15.7 Å². The van der Waals surface area contributed by atoms with Gasteiger partial charge >= 0.3 is 0 Å². The third-order valence-corrected chi connectivity index (χ3v) is 7.91. The number of alkyl halides is 1. The van der Waals surface area contributed by atoms with Crippen molar-refractivity contribution in [2.75, 3.05) is 38.8 Å². The predicted octanol–water partition coefficient (Wildman–Crippen LogP) is 2.85. The summed E-state index contributed by atoms with van der Waals surface area (Å²) in [6, 6.07) is 3.96. The summed E-state index contributed by atoms with van der Waals surface area (Å²) in [6.07, 6.45) is -1.59. The normalized spacial score (nSPS) is 22.3. The Labute approximate surface area is 206 Å². The predicted molar refractivity (Wildman–Crippen MR) is 122 cm³/mol. The highest BCUT2D eigenvalue weighted by Crippen LogP contribution is 2.31. The second-order valence-corrected chi connectivity index (χ2v) is 10.5. The van der Waals surface area contributed by atoms with Gasteiger partial charge in [-0.3, -0.25) is 0 Å². The molecular weight excluding hydrogens is 508 g/mol. The van der Waals surface area contributed by atoms with Crippen molar-refractivity contribution in [3.05, 3.63) is 58.9 Å². The van der Waals surface area contributed by atoms with Crippen LogP contribution in [-0.4, -0.2) is 68.1 Å². The quantitative estimate of drug-likeness (QED) is 0.257. The monoisotopic (exact) mass is 536 g/mol. The highest BCUT2D eigenvalue weighted by molar-refractivity contribution is 7.89. The minimum absolute atomic E-state index is 0.0228. The zero-order valence-corrected chi connectivity index (χ0v) is 20.5. The van der Waals surface area contributed by atoms with Crippen LogP contribution < -0.4 is 5.32 Å². The van der Waals surface area contributed by atoms with Crippen LogP contribution in [0.15, 0.2) is 35.2 Å². The fraction of sp³-hybridized carbons (Fsp3) is 0.478. The third kappa shape index (κ3) is 6.15. The third-order valence-electron chi connectivity index (χ3n) is 5.87. The van der Waals surface area contributed by atoms with Crippen LogP contribution in [0.1, 0.15) is 30.7 Å². The average Bonchev–Trinajstić information content (AvgIpc) is 2.99. The summed E-state index contributed by atoms with van der Waals surface area (Å²) in [5, 5.41) is 23.8. The Kier molecular flexibility index (Phi) is 8.96. The number of hydrogen-bond donors (Lipinski definition) is 3. The van der Waals surface area contributed by atoms with Crippen LogP contribution in [0.5, 0.6) is 0 Å². The van der Waals surface area contributed by atoms with Crippen molar-refractivity contribution in [2.24, 2.45) is 0 Å². The number of anilines is 1. The maximum Gasteiger partial charge on any atom is 0.243 e. The fourth-order valence-electron chi connectivity index (χ4n) is 3.86. The zero-order chi connectivity index (χ0) is 26.7. The molecule has 2 aromatic rings. The molecule has 0 bridgehead atoms. The smallest absolute Gasteiger partial charge is 0.243 e. The van der Waals surface area contributed by atoms with Gasteiger partial charge in [-0.05, 0) is 13.0 Å². The van der Waals surface area contributed by atoms with E-state index >= 15 is 0 Å². The minimum atomic E-state index is -4.42. The maximum absolute atomic E-state index is 13.8. The van der Waals surface area contributed by atoms with Gasteiger partial charge in [-0.2, -0.15) is 4.31 Å². The molecule has 3 atom stereocenters. The first kappa shape index (κ1) is 28.3. The number of nitrogens with one attached hydrogen (secondary N) is 1. The summed E-state index contributed by atoms with van der Waals surface area (Å²) in [6.45, 7) is 0.0910. The van der Waals surface area contributed by atoms with Crippen LogP contribution in [0.25, 0.3) is 0 Å². The van der Waals surface area contributed by atoms with Gasteiger partial charge in [0.1, 0.15) is 12.3 Å². The number of ether oxygens (including phenoxy) is 2. The molecule has 1 fully saturated rings. The molecule has 0 amide bonds. The first-order chi connectivity index (χ1) is 16.9. The van der Waals surface area contributed by atoms with Gasteiger partial charge in [-0.1, -0.05) is 12.1 Å². The first-order valence-electron chi connectivity index (χ1n) is 11.0. The van der Waals surface area contributed by atoms with Crippen molar-refractivity contribution in [1.29, 1.82) is 0 Å². The van der Waals surface area contributed by atoms with Crippen molar-refractivity contribution < 1.29 is 45.7 Å². The molecule has 3 rings (SSSR count). The lowest BCUT2D eigenvalue weighted by Gasteiger charge is -2.32. The van der Waals surface area contributed by atoms with Gasteiger partial charge in [-0.25, -0.2) is 26.0 Å². The standard InChI is InChI=1S/C23H28F4N2O6S/c1-14-11-35-13-23(31,5-6-34-2)12-29(14)36(32,33)20-7-15(3-4-16(20)10-24)22(30)28-17-8-18(25)21(27)19(26)9-17/h3-4,7-9,14,22,28,30-31H,5-6,10-13H2,1-2H3. The maximum atomic E-state index is 13.8. The van der Waals surface area contributed by atoms with Gasteiger partial charge in [0.25, 0.3) is 0 Å². The number of β-amino-alcohol motifs (C(OH)–C–C–N with tert-alkyl or cyclic N) is 1. The van der Waals surface area contributed by atoms with E-state index in [2.05, 4.69) is 5.32 Å². The number of benzene rings is 2. The second kappa shape index (κ2) is 11.4. The topological polar surface area (TPSA) is 108 Å². The van der Waals surface area contributed by atoms with Crippen molar-refractivity contribution in [2.45, 2.75) is 42.8 Å². The summed E-state index contributed by atoms with van der Waals surface area (Å²) in [5.74, 6) is -4.66. The molecular formula is C23H28F4N2O6S. The number of hydrogen-bond acceptors (Lipinski definition) is 7. The van der Waals surface area contributed by atoms with Gasteiger partial charge in [0.05, 0.1) is 18.1 Å². The summed E-state index contributed by atoms with van der Waals surface area (Å²) in [7, 11) is -2.98. The fourth-order valence-corrected chi connectivity index (χ4v) is 5.79. The van der Waals surface area contributed by atoms with Crippen LogP contribution in [0.2, 0.25) is 0 Å². The van der Waals surface area contributed by atoms with Crippen LogP contribution in [0, 0.1) is 17.5 Å². The Morgan fingerprint density at radius 2 is 1.92 bits per heavy atom. The van der Waals surface area contributed by atoms with Gasteiger partial charge in [0, 0.05) is 61.7 Å². The number of aliphatic hydroxyl groups excluding tert-OH is 1. The van der Waals surface area contributed by atoms with Crippen LogP contribution >= 0.6 is 0 Å². The first-order valence-corrected chi connectivity index (χ1v) is 12.4. The van der Waals surface area contributed by atoms with Crippen molar-refractivity contribution in [3.8, 4) is 0 Å². The number of methoxy groups -OCH3 is 1. The van der Waals surface area contributed by atoms with E-state index in [1.807, 2.05) is 0 Å². The highest BCUT2D eigenvalue weighted by atomic mass is 32.2. The highest BCUT2D eigenvalue weighted by Gasteiger charge is 2.41. The average molecular weight is 537 g/mol. The van der Waals surface area contributed by atoms with Crippen LogP contribution in [0.4, 0.5) is 23.2 Å². The number of sulfonamides is 1. The molecule has 0 aromatic heterocycles. The van der Waals surface area contributed by atoms with E-state index in [4.69, 9.17) is 9.47 Å². The molecule has 0 saturated carbocycles. The van der Waals surface area contributed by atoms with Crippen LogP contribution in [-0.2, 0) is 26.2 Å². The Balaban J connectivity index is 1.96. The second-order valence-electron chi connectivity index (χ2n) is 8.68. The summed E-state index contributed by atoms with van der Waals surface area (Å²) in [5.41, 5.74) is -2.12. The molecule has 13 heteroatoms. The Morgan fingerprint density at radius 3 is 2.53 bits per heavy atom. The summed E-state index contributed by atoms with van der Waals surface area (Å²) in [4.78, 5) is -0.456. The lowest BCUT2D eigenvalue weighted by molar-refractivity contribution is -0.0494. The molecule has 0 spiro atoms. The van der Waals surface area contributed by atoms with Gasteiger partial charge in [-0.15, -0.1) is 0 Å². The van der Waals surface area contributed by atoms with E-state index in [0.29, 0.717) is 12.1 Å². The van der Waals surface area contributed by atoms with Gasteiger partial charge in [0.2, 0.25) is 10.0 Å². The molecule has 1 aliphatic rings. The van der Waals surface area contributed by atoms with E-state index in [-0.39, 0.29) is 49.6 Å². The Hall–Kier alpha value is -2.29. The number of rotatable bonds is 9. The molecule has 3 N–H and O–H groups in total. The van der Waals surface area contributed by atoms with E-state index in [0.717, 1.165) is 16.4 Å². The molecule has 1 heterocycles. The minimum Gasteiger partial charge on any atom is -0.386 e. The number of nitrogens with zero attached hydrogens (tertiary/aromatic N) is 1. The van der Waals surface area contributed by atoms with E-state index in [9.17, 15) is 36.2 Å². The molecule has 8 nitrogen and oxygen atoms in total. The lowest BCUT2D eigenvalue weighted by Crippen LogP contribution is -2.49. The molecule has 0 radical (unpaired) electrons. The molecule has 200 valence electrons. The lowest BCUT2D eigenvalue weighted by atomic mass is 10.0. The molecule has 2 aromatic carbocycles. The van der Waals surface area contributed by atoms with Crippen molar-refractivity contribution in [1.82, 2.24) is 4.31 Å². The van der Waals surface area contributed by atoms with E-state index in [1.54, 1.807) is 6.92 Å².